The number of halogens is 1. The van der Waals surface area contributed by atoms with Gasteiger partial charge in [-0.1, -0.05) is 19.1 Å². The maximum absolute atomic E-state index is 13.6. The van der Waals surface area contributed by atoms with Crippen molar-refractivity contribution in [1.82, 2.24) is 14.5 Å². The summed E-state index contributed by atoms with van der Waals surface area (Å²) in [6.45, 7) is 1.92. The highest BCUT2D eigenvalue weighted by atomic mass is 32.2. The van der Waals surface area contributed by atoms with Gasteiger partial charge in [0.15, 0.2) is 5.03 Å². The summed E-state index contributed by atoms with van der Waals surface area (Å²) in [6.07, 6.45) is 1.32. The van der Waals surface area contributed by atoms with E-state index in [0.717, 1.165) is 4.68 Å². The van der Waals surface area contributed by atoms with Gasteiger partial charge in [0.1, 0.15) is 11.5 Å². The van der Waals surface area contributed by atoms with Crippen LogP contribution in [-0.2, 0) is 10.0 Å². The first kappa shape index (κ1) is 12.7. The summed E-state index contributed by atoms with van der Waals surface area (Å²) in [5, 5.41) is 3.76. The van der Waals surface area contributed by atoms with E-state index in [1.54, 1.807) is 13.0 Å². The molecule has 0 saturated carbocycles. The molecule has 0 unspecified atom stereocenters. The Hall–Kier alpha value is -1.73. The average Bonchev–Trinajstić information content (AvgIpc) is 2.79. The van der Waals surface area contributed by atoms with Crippen LogP contribution in [0.2, 0.25) is 0 Å². The van der Waals surface area contributed by atoms with Crippen LogP contribution in [0.3, 0.4) is 0 Å². The molecule has 0 spiro atoms. The third-order valence-corrected chi connectivity index (χ3v) is 3.83. The number of aromatic nitrogens is 2. The predicted molar refractivity (Wildman–Crippen MR) is 64.4 cm³/mol. The Bertz CT molecular complexity index is 652. The van der Waals surface area contributed by atoms with E-state index in [9.17, 15) is 12.8 Å². The van der Waals surface area contributed by atoms with E-state index >= 15 is 0 Å². The summed E-state index contributed by atoms with van der Waals surface area (Å²) < 4.78 is 40.8. The Labute approximate surface area is 104 Å². The fraction of sp³-hybridized carbons (Fsp3) is 0.182. The number of para-hydroxylation sites is 1. The third-order valence-electron chi connectivity index (χ3n) is 2.30. The van der Waals surface area contributed by atoms with Gasteiger partial charge >= 0.3 is 0 Å². The van der Waals surface area contributed by atoms with E-state index in [1.807, 2.05) is 0 Å². The number of sulfonamides is 1. The Morgan fingerprint density at radius 3 is 2.72 bits per heavy atom. The lowest BCUT2D eigenvalue weighted by molar-refractivity contribution is 0.567. The van der Waals surface area contributed by atoms with Gasteiger partial charge in [-0.05, 0) is 18.2 Å². The molecular weight excluding hydrogens is 257 g/mol. The second kappa shape index (κ2) is 4.87. The first-order valence-corrected chi connectivity index (χ1v) is 6.83. The van der Waals surface area contributed by atoms with Crippen molar-refractivity contribution >= 4 is 10.0 Å². The predicted octanol–water partition coefficient (Wildman–Crippen LogP) is 1.31. The van der Waals surface area contributed by atoms with E-state index in [4.69, 9.17) is 0 Å². The summed E-state index contributed by atoms with van der Waals surface area (Å²) in [4.78, 5) is 0. The molecule has 2 aromatic rings. The Kier molecular flexibility index (Phi) is 3.44. The molecule has 1 aromatic carbocycles. The van der Waals surface area contributed by atoms with Gasteiger partial charge in [0.2, 0.25) is 0 Å². The van der Waals surface area contributed by atoms with Crippen molar-refractivity contribution in [3.8, 4) is 5.69 Å². The molecule has 5 nitrogen and oxygen atoms in total. The van der Waals surface area contributed by atoms with E-state index in [0.29, 0.717) is 0 Å². The van der Waals surface area contributed by atoms with Crippen LogP contribution in [0.5, 0.6) is 0 Å². The van der Waals surface area contributed by atoms with Gasteiger partial charge in [0, 0.05) is 6.54 Å². The molecule has 96 valence electrons. The zero-order chi connectivity index (χ0) is 13.2. The van der Waals surface area contributed by atoms with Gasteiger partial charge in [0.25, 0.3) is 10.0 Å². The minimum Gasteiger partial charge on any atom is -0.218 e. The van der Waals surface area contributed by atoms with Crippen LogP contribution in [0.4, 0.5) is 4.39 Å². The van der Waals surface area contributed by atoms with Crippen molar-refractivity contribution in [3.05, 3.63) is 42.3 Å². The van der Waals surface area contributed by atoms with Gasteiger partial charge < -0.3 is 0 Å². The largest absolute Gasteiger partial charge is 0.258 e. The van der Waals surface area contributed by atoms with Crippen LogP contribution >= 0.6 is 0 Å². The van der Waals surface area contributed by atoms with Gasteiger partial charge in [-0.25, -0.2) is 22.2 Å². The number of nitrogens with zero attached hydrogens (tertiary/aromatic N) is 2. The molecule has 1 aromatic heterocycles. The highest BCUT2D eigenvalue weighted by Gasteiger charge is 2.20. The third kappa shape index (κ3) is 2.27. The summed E-state index contributed by atoms with van der Waals surface area (Å²) >= 11 is 0. The Morgan fingerprint density at radius 1 is 1.33 bits per heavy atom. The smallest absolute Gasteiger partial charge is 0.218 e. The molecule has 0 radical (unpaired) electrons. The van der Waals surface area contributed by atoms with Crippen LogP contribution in [0.1, 0.15) is 6.92 Å². The van der Waals surface area contributed by atoms with Crippen molar-refractivity contribution in [2.75, 3.05) is 6.54 Å². The van der Waals surface area contributed by atoms with Crippen LogP contribution in [-0.4, -0.2) is 24.7 Å². The molecule has 0 aliphatic heterocycles. The second-order valence-corrected chi connectivity index (χ2v) is 5.25. The van der Waals surface area contributed by atoms with Gasteiger partial charge in [0.05, 0.1) is 6.20 Å². The SMILES string of the molecule is CCNS(=O)(=O)c1ccnn1-c1ccccc1F. The van der Waals surface area contributed by atoms with E-state index in [2.05, 4.69) is 9.82 Å². The van der Waals surface area contributed by atoms with Gasteiger partial charge in [-0.15, -0.1) is 0 Å². The highest BCUT2D eigenvalue weighted by molar-refractivity contribution is 7.89. The minimum absolute atomic E-state index is 0.0885. The first-order valence-electron chi connectivity index (χ1n) is 5.35. The van der Waals surface area contributed by atoms with E-state index in [-0.39, 0.29) is 17.3 Å². The molecule has 0 bridgehead atoms. The lowest BCUT2D eigenvalue weighted by Crippen LogP contribution is -2.25. The number of hydrogen-bond donors (Lipinski definition) is 1. The van der Waals surface area contributed by atoms with Crippen LogP contribution in [0.15, 0.2) is 41.6 Å². The standard InChI is InChI=1S/C11H12FN3O2S/c1-2-14-18(16,17)11-7-8-13-15(11)10-6-4-3-5-9(10)12/h3-8,14H,2H2,1H3. The van der Waals surface area contributed by atoms with E-state index in [1.165, 1.54) is 30.5 Å². The minimum atomic E-state index is -3.68. The highest BCUT2D eigenvalue weighted by Crippen LogP contribution is 2.17. The molecule has 0 amide bonds. The fourth-order valence-electron chi connectivity index (χ4n) is 1.56. The molecular formula is C11H12FN3O2S. The van der Waals surface area contributed by atoms with Crippen molar-refractivity contribution in [1.29, 1.82) is 0 Å². The molecule has 1 heterocycles. The van der Waals surface area contributed by atoms with Crippen molar-refractivity contribution in [2.45, 2.75) is 11.9 Å². The summed E-state index contributed by atoms with van der Waals surface area (Å²) in [7, 11) is -3.68. The maximum Gasteiger partial charge on any atom is 0.258 e. The topological polar surface area (TPSA) is 64.0 Å². The van der Waals surface area contributed by atoms with Crippen molar-refractivity contribution in [3.63, 3.8) is 0 Å². The number of nitrogens with one attached hydrogen (secondary N) is 1. The van der Waals surface area contributed by atoms with E-state index < -0.39 is 15.8 Å². The lowest BCUT2D eigenvalue weighted by Gasteiger charge is -2.09. The molecule has 1 N–H and O–H groups in total. The zero-order valence-electron chi connectivity index (χ0n) is 9.67. The molecule has 0 atom stereocenters. The number of hydrogen-bond acceptors (Lipinski definition) is 3. The summed E-state index contributed by atoms with van der Waals surface area (Å²) in [5.74, 6) is -0.533. The molecule has 0 saturated heterocycles. The average molecular weight is 269 g/mol. The molecule has 2 rings (SSSR count). The quantitative estimate of drug-likeness (QED) is 0.910. The van der Waals surface area contributed by atoms with Gasteiger partial charge in [-0.2, -0.15) is 5.10 Å². The number of rotatable bonds is 4. The Balaban J connectivity index is 2.56. The zero-order valence-corrected chi connectivity index (χ0v) is 10.5. The lowest BCUT2D eigenvalue weighted by atomic mass is 10.3. The van der Waals surface area contributed by atoms with Crippen LogP contribution < -0.4 is 4.72 Å². The van der Waals surface area contributed by atoms with Crippen LogP contribution in [0, 0.1) is 5.82 Å². The normalized spacial score (nSPS) is 11.7. The van der Waals surface area contributed by atoms with Crippen molar-refractivity contribution < 1.29 is 12.8 Å². The Morgan fingerprint density at radius 2 is 2.06 bits per heavy atom. The van der Waals surface area contributed by atoms with Gasteiger partial charge in [-0.3, -0.25) is 0 Å². The fourth-order valence-corrected chi connectivity index (χ4v) is 2.70. The molecule has 0 aliphatic carbocycles. The van der Waals surface area contributed by atoms with Crippen LogP contribution in [0.25, 0.3) is 5.69 Å². The summed E-state index contributed by atoms with van der Waals surface area (Å²) in [5.41, 5.74) is 0.0963. The van der Waals surface area contributed by atoms with Crippen molar-refractivity contribution in [2.24, 2.45) is 0 Å². The summed E-state index contributed by atoms with van der Waals surface area (Å²) in [6, 6.07) is 7.18. The monoisotopic (exact) mass is 269 g/mol. The first-order chi connectivity index (χ1) is 8.56. The maximum atomic E-state index is 13.6. The molecule has 0 fully saturated rings. The second-order valence-electron chi connectivity index (χ2n) is 3.53. The molecule has 0 aliphatic rings. The molecule has 18 heavy (non-hydrogen) atoms. The molecule has 7 heteroatoms. The number of benzene rings is 1.